The molecule has 1 fully saturated rings. The number of ether oxygens (including phenoxy) is 1. The highest BCUT2D eigenvalue weighted by molar-refractivity contribution is 8.14. The third kappa shape index (κ3) is 3.92. The van der Waals surface area contributed by atoms with Crippen LogP contribution in [-0.4, -0.2) is 40.5 Å². The number of aryl methyl sites for hydroxylation is 1. The van der Waals surface area contributed by atoms with Gasteiger partial charge >= 0.3 is 0 Å². The number of aromatic nitrogens is 1. The molecule has 0 amide bonds. The summed E-state index contributed by atoms with van der Waals surface area (Å²) in [5.41, 5.74) is 8.98. The lowest BCUT2D eigenvalue weighted by atomic mass is 10.1. The molecule has 5 nitrogen and oxygen atoms in total. The molecule has 24 heavy (non-hydrogen) atoms. The fourth-order valence-electron chi connectivity index (χ4n) is 3.11. The zero-order valence-electron chi connectivity index (χ0n) is 14.8. The Hall–Kier alpha value is -1.53. The molecule has 1 atom stereocenters. The zero-order valence-corrected chi connectivity index (χ0v) is 15.6. The van der Waals surface area contributed by atoms with Crippen molar-refractivity contribution in [2.75, 3.05) is 18.9 Å². The Morgan fingerprint density at radius 3 is 3.00 bits per heavy atom. The van der Waals surface area contributed by atoms with Crippen molar-refractivity contribution in [1.82, 2.24) is 9.99 Å². The van der Waals surface area contributed by atoms with Crippen LogP contribution >= 0.6 is 11.8 Å². The molecule has 1 aromatic rings. The predicted octanol–water partition coefficient (Wildman–Crippen LogP) is 3.26. The van der Waals surface area contributed by atoms with E-state index in [0.717, 1.165) is 41.8 Å². The number of amidine groups is 1. The molecule has 0 aromatic carbocycles. The SMILES string of the molecule is C=C(C)CN=C1NN=C(c2cc(C)n(C[C@H]3CCCO3)c2C)CS1. The Kier molecular flexibility index (Phi) is 5.46. The summed E-state index contributed by atoms with van der Waals surface area (Å²) in [6.07, 6.45) is 2.69. The van der Waals surface area contributed by atoms with E-state index in [-0.39, 0.29) is 0 Å². The molecular formula is C18H26N4OS. The Bertz CT molecular complexity index is 683. The number of hydrazone groups is 1. The maximum Gasteiger partial charge on any atom is 0.177 e. The van der Waals surface area contributed by atoms with E-state index in [1.807, 2.05) is 6.92 Å². The van der Waals surface area contributed by atoms with Crippen LogP contribution in [0.15, 0.2) is 28.3 Å². The highest BCUT2D eigenvalue weighted by atomic mass is 32.2. The molecule has 0 bridgehead atoms. The minimum Gasteiger partial charge on any atom is -0.376 e. The van der Waals surface area contributed by atoms with E-state index < -0.39 is 0 Å². The van der Waals surface area contributed by atoms with E-state index in [2.05, 4.69) is 46.6 Å². The van der Waals surface area contributed by atoms with Crippen LogP contribution in [0.1, 0.15) is 36.7 Å². The molecule has 0 unspecified atom stereocenters. The fraction of sp³-hybridized carbons (Fsp3) is 0.556. The molecule has 130 valence electrons. The highest BCUT2D eigenvalue weighted by Crippen LogP contribution is 2.23. The van der Waals surface area contributed by atoms with Crippen LogP contribution < -0.4 is 5.43 Å². The number of thioether (sulfide) groups is 1. The first-order valence-electron chi connectivity index (χ1n) is 8.47. The second-order valence-corrected chi connectivity index (χ2v) is 7.53. The Labute approximate surface area is 148 Å². The third-order valence-electron chi connectivity index (χ3n) is 4.42. The van der Waals surface area contributed by atoms with Crippen LogP contribution in [-0.2, 0) is 11.3 Å². The molecule has 6 heteroatoms. The van der Waals surface area contributed by atoms with E-state index in [1.54, 1.807) is 11.8 Å². The summed E-state index contributed by atoms with van der Waals surface area (Å²) in [5, 5.41) is 5.42. The minimum atomic E-state index is 0.351. The average molecular weight is 347 g/mol. The molecule has 0 spiro atoms. The van der Waals surface area contributed by atoms with Crippen molar-refractivity contribution in [3.63, 3.8) is 0 Å². The zero-order chi connectivity index (χ0) is 17.1. The largest absolute Gasteiger partial charge is 0.376 e. The lowest BCUT2D eigenvalue weighted by Crippen LogP contribution is -2.26. The minimum absolute atomic E-state index is 0.351. The number of aliphatic imine (C=N–C) groups is 1. The lowest BCUT2D eigenvalue weighted by Gasteiger charge is -2.17. The summed E-state index contributed by atoms with van der Waals surface area (Å²) in [4.78, 5) is 4.46. The summed E-state index contributed by atoms with van der Waals surface area (Å²) in [7, 11) is 0. The maximum atomic E-state index is 5.79. The summed E-state index contributed by atoms with van der Waals surface area (Å²) in [6, 6.07) is 2.24. The van der Waals surface area contributed by atoms with Crippen molar-refractivity contribution in [2.45, 2.75) is 46.3 Å². The van der Waals surface area contributed by atoms with Gasteiger partial charge in [0.1, 0.15) is 0 Å². The average Bonchev–Trinajstić information content (AvgIpc) is 3.17. The van der Waals surface area contributed by atoms with E-state index in [9.17, 15) is 0 Å². The van der Waals surface area contributed by atoms with Gasteiger partial charge in [0, 0.05) is 35.9 Å². The summed E-state index contributed by atoms with van der Waals surface area (Å²) in [6.45, 7) is 12.7. The van der Waals surface area contributed by atoms with E-state index in [1.165, 1.54) is 23.4 Å². The van der Waals surface area contributed by atoms with Crippen molar-refractivity contribution < 1.29 is 4.74 Å². The second-order valence-electron chi connectivity index (χ2n) is 6.57. The van der Waals surface area contributed by atoms with E-state index in [0.29, 0.717) is 12.6 Å². The van der Waals surface area contributed by atoms with Crippen molar-refractivity contribution in [1.29, 1.82) is 0 Å². The van der Waals surface area contributed by atoms with Crippen LogP contribution in [0.3, 0.4) is 0 Å². The van der Waals surface area contributed by atoms with Crippen molar-refractivity contribution >= 4 is 22.6 Å². The molecule has 2 aliphatic rings. The van der Waals surface area contributed by atoms with Gasteiger partial charge in [-0.05, 0) is 39.7 Å². The van der Waals surface area contributed by atoms with Gasteiger partial charge in [0.05, 0.1) is 18.4 Å². The van der Waals surface area contributed by atoms with E-state index in [4.69, 9.17) is 4.74 Å². The van der Waals surface area contributed by atoms with Crippen LogP contribution in [0, 0.1) is 13.8 Å². The quantitative estimate of drug-likeness (QED) is 0.833. The second kappa shape index (κ2) is 7.57. The molecule has 0 saturated carbocycles. The van der Waals surface area contributed by atoms with Gasteiger partial charge in [0.2, 0.25) is 0 Å². The molecule has 1 saturated heterocycles. The molecule has 2 aliphatic heterocycles. The standard InChI is InChI=1S/C18H26N4OS/c1-12(2)9-19-18-21-20-17(11-24-18)16-8-13(3)22(14(16)4)10-15-6-5-7-23-15/h8,15H,1,5-7,9-11H2,2-4H3,(H,19,21)/t15-/m1/s1. The number of hydrogen-bond donors (Lipinski definition) is 1. The molecule has 0 aliphatic carbocycles. The van der Waals surface area contributed by atoms with Crippen LogP contribution in [0.5, 0.6) is 0 Å². The van der Waals surface area contributed by atoms with Gasteiger partial charge in [-0.2, -0.15) is 5.10 Å². The first-order valence-corrected chi connectivity index (χ1v) is 9.46. The summed E-state index contributed by atoms with van der Waals surface area (Å²) < 4.78 is 8.16. The number of rotatable bonds is 5. The van der Waals surface area contributed by atoms with Gasteiger partial charge in [-0.25, -0.2) is 0 Å². The molecule has 3 rings (SSSR count). The fourth-order valence-corrected chi connectivity index (χ4v) is 3.87. The van der Waals surface area contributed by atoms with Gasteiger partial charge in [-0.15, -0.1) is 0 Å². The van der Waals surface area contributed by atoms with Crippen molar-refractivity contribution in [3.05, 3.63) is 35.2 Å². The molecule has 1 aromatic heterocycles. The van der Waals surface area contributed by atoms with Crippen molar-refractivity contribution in [2.24, 2.45) is 10.1 Å². The Morgan fingerprint density at radius 1 is 1.54 bits per heavy atom. The molecule has 1 N–H and O–H groups in total. The maximum absolute atomic E-state index is 5.79. The van der Waals surface area contributed by atoms with Gasteiger partial charge in [0.25, 0.3) is 0 Å². The first-order chi connectivity index (χ1) is 11.5. The van der Waals surface area contributed by atoms with Gasteiger partial charge < -0.3 is 9.30 Å². The number of nitrogens with zero attached hydrogens (tertiary/aromatic N) is 3. The molecule has 0 radical (unpaired) electrons. The lowest BCUT2D eigenvalue weighted by molar-refractivity contribution is 0.0962. The summed E-state index contributed by atoms with van der Waals surface area (Å²) in [5.74, 6) is 0.840. The topological polar surface area (TPSA) is 50.9 Å². The van der Waals surface area contributed by atoms with Gasteiger partial charge in [0.15, 0.2) is 5.17 Å². The van der Waals surface area contributed by atoms with Crippen LogP contribution in [0.25, 0.3) is 0 Å². The molecule has 3 heterocycles. The highest BCUT2D eigenvalue weighted by Gasteiger charge is 2.22. The van der Waals surface area contributed by atoms with Crippen LogP contribution in [0.4, 0.5) is 0 Å². The van der Waals surface area contributed by atoms with Gasteiger partial charge in [-0.1, -0.05) is 23.9 Å². The van der Waals surface area contributed by atoms with Crippen LogP contribution in [0.2, 0.25) is 0 Å². The smallest absolute Gasteiger partial charge is 0.177 e. The monoisotopic (exact) mass is 346 g/mol. The third-order valence-corrected chi connectivity index (χ3v) is 5.33. The van der Waals surface area contributed by atoms with E-state index >= 15 is 0 Å². The number of hydrogen-bond acceptors (Lipinski definition) is 4. The Morgan fingerprint density at radius 2 is 2.38 bits per heavy atom. The first kappa shape index (κ1) is 17.3. The number of nitrogens with one attached hydrogen (secondary N) is 1. The normalized spacial score (nSPS) is 22.5. The van der Waals surface area contributed by atoms with Crippen molar-refractivity contribution in [3.8, 4) is 0 Å². The van der Waals surface area contributed by atoms with Gasteiger partial charge in [-0.3, -0.25) is 10.4 Å². The summed E-state index contributed by atoms with van der Waals surface area (Å²) >= 11 is 1.70. The Balaban J connectivity index is 1.73. The predicted molar refractivity (Wildman–Crippen MR) is 102 cm³/mol. The molecular weight excluding hydrogens is 320 g/mol.